The van der Waals surface area contributed by atoms with Gasteiger partial charge in [-0.3, -0.25) is 9.36 Å². The van der Waals surface area contributed by atoms with Crippen molar-refractivity contribution in [3.05, 3.63) is 39.2 Å². The minimum atomic E-state index is -0.465. The highest BCUT2D eigenvalue weighted by Crippen LogP contribution is 2.11. The molecule has 6 heteroatoms. The van der Waals surface area contributed by atoms with Gasteiger partial charge in [0.05, 0.1) is 6.26 Å². The molecule has 15 heavy (non-hydrogen) atoms. The second-order valence-electron chi connectivity index (χ2n) is 3.10. The Hall–Kier alpha value is -2.11. The third-order valence-corrected chi connectivity index (χ3v) is 2.08. The lowest BCUT2D eigenvalue weighted by molar-refractivity contribution is 0.556. The summed E-state index contributed by atoms with van der Waals surface area (Å²) in [5, 5.41) is 3.85. The summed E-state index contributed by atoms with van der Waals surface area (Å²) in [6, 6.07) is 3.27. The van der Waals surface area contributed by atoms with Crippen molar-refractivity contribution >= 4 is 0 Å². The first-order valence-corrected chi connectivity index (χ1v) is 4.29. The molecule has 0 N–H and O–H groups in total. The van der Waals surface area contributed by atoms with E-state index >= 15 is 0 Å². The van der Waals surface area contributed by atoms with Crippen molar-refractivity contribution in [1.82, 2.24) is 14.3 Å². The van der Waals surface area contributed by atoms with Crippen molar-refractivity contribution in [2.45, 2.75) is 0 Å². The highest BCUT2D eigenvalue weighted by atomic mass is 16.3. The zero-order chi connectivity index (χ0) is 11.0. The number of rotatable bonds is 1. The largest absolute Gasteiger partial charge is 0.462 e. The number of aromatic nitrogens is 3. The average molecular weight is 207 g/mol. The van der Waals surface area contributed by atoms with Gasteiger partial charge in [0.25, 0.3) is 5.56 Å². The van der Waals surface area contributed by atoms with E-state index in [1.54, 1.807) is 12.1 Å². The Kier molecular flexibility index (Phi) is 2.03. The lowest BCUT2D eigenvalue weighted by atomic mass is 10.3. The molecule has 6 nitrogen and oxygen atoms in total. The smallest absolute Gasteiger partial charge is 0.346 e. The van der Waals surface area contributed by atoms with E-state index in [2.05, 4.69) is 5.10 Å². The highest BCUT2D eigenvalue weighted by molar-refractivity contribution is 5.49. The molecule has 0 amide bonds. The lowest BCUT2D eigenvalue weighted by Crippen LogP contribution is -2.39. The minimum Gasteiger partial charge on any atom is -0.462 e. The Labute approximate surface area is 84.4 Å². The molecule has 0 aromatic carbocycles. The second-order valence-corrected chi connectivity index (χ2v) is 3.10. The van der Waals surface area contributed by atoms with Gasteiger partial charge in [-0.2, -0.15) is 5.10 Å². The van der Waals surface area contributed by atoms with E-state index in [-0.39, 0.29) is 5.69 Å². The van der Waals surface area contributed by atoms with Crippen LogP contribution in [0.4, 0.5) is 0 Å². The molecule has 0 bridgehead atoms. The van der Waals surface area contributed by atoms with Gasteiger partial charge in [0.2, 0.25) is 0 Å². The van der Waals surface area contributed by atoms with Crippen LogP contribution in [0.2, 0.25) is 0 Å². The molecule has 0 aliphatic rings. The molecule has 2 aromatic rings. The van der Waals surface area contributed by atoms with Crippen molar-refractivity contribution < 1.29 is 4.42 Å². The van der Waals surface area contributed by atoms with Crippen molar-refractivity contribution in [2.75, 3.05) is 0 Å². The molecule has 0 saturated carbocycles. The molecule has 0 radical (unpaired) electrons. The Balaban J connectivity index is 2.81. The Morgan fingerprint density at radius 2 is 2.07 bits per heavy atom. The van der Waals surface area contributed by atoms with E-state index in [0.717, 1.165) is 9.25 Å². The van der Waals surface area contributed by atoms with Crippen LogP contribution in [0.5, 0.6) is 0 Å². The van der Waals surface area contributed by atoms with E-state index < -0.39 is 11.2 Å². The molecular formula is C9H9N3O3. The summed E-state index contributed by atoms with van der Waals surface area (Å²) in [5.41, 5.74) is -0.798. The van der Waals surface area contributed by atoms with Crippen LogP contribution >= 0.6 is 0 Å². The summed E-state index contributed by atoms with van der Waals surface area (Å²) in [6.07, 6.45) is 1.45. The van der Waals surface area contributed by atoms with Crippen LogP contribution in [-0.4, -0.2) is 14.3 Å². The number of furan rings is 1. The Morgan fingerprint density at radius 3 is 2.67 bits per heavy atom. The number of nitrogens with zero attached hydrogens (tertiary/aromatic N) is 3. The van der Waals surface area contributed by atoms with Crippen LogP contribution < -0.4 is 11.2 Å². The fourth-order valence-electron chi connectivity index (χ4n) is 1.27. The first-order chi connectivity index (χ1) is 7.11. The van der Waals surface area contributed by atoms with Crippen molar-refractivity contribution in [2.24, 2.45) is 14.1 Å². The zero-order valence-corrected chi connectivity index (χ0v) is 8.30. The SMILES string of the molecule is Cn1nc(-c2ccco2)c(=O)n(C)c1=O. The van der Waals surface area contributed by atoms with Gasteiger partial charge in [-0.1, -0.05) is 0 Å². The maximum Gasteiger partial charge on any atom is 0.346 e. The number of hydrogen-bond donors (Lipinski definition) is 0. The van der Waals surface area contributed by atoms with Crippen LogP contribution in [0, 0.1) is 0 Å². The standard InChI is InChI=1S/C9H9N3O3/c1-11-8(13)7(6-4-3-5-15-6)10-12(2)9(11)14/h3-5H,1-2H3. The van der Waals surface area contributed by atoms with Gasteiger partial charge in [-0.25, -0.2) is 9.48 Å². The molecule has 0 saturated heterocycles. The van der Waals surface area contributed by atoms with Gasteiger partial charge < -0.3 is 4.42 Å². The predicted molar refractivity (Wildman–Crippen MR) is 52.4 cm³/mol. The maximum absolute atomic E-state index is 11.7. The normalized spacial score (nSPS) is 10.5. The van der Waals surface area contributed by atoms with E-state index in [4.69, 9.17) is 4.42 Å². The lowest BCUT2D eigenvalue weighted by Gasteiger charge is -2.02. The number of hydrogen-bond acceptors (Lipinski definition) is 4. The zero-order valence-electron chi connectivity index (χ0n) is 8.30. The molecular weight excluding hydrogens is 198 g/mol. The maximum atomic E-state index is 11.7. The van der Waals surface area contributed by atoms with Crippen LogP contribution in [-0.2, 0) is 14.1 Å². The Bertz CT molecular complexity index is 592. The molecule has 0 fully saturated rings. The summed E-state index contributed by atoms with van der Waals surface area (Å²) in [7, 11) is 2.88. The monoisotopic (exact) mass is 207 g/mol. The van der Waals surface area contributed by atoms with Crippen molar-refractivity contribution in [1.29, 1.82) is 0 Å². The quantitative estimate of drug-likeness (QED) is 0.646. The van der Waals surface area contributed by atoms with Crippen molar-refractivity contribution in [3.63, 3.8) is 0 Å². The summed E-state index contributed by atoms with van der Waals surface area (Å²) >= 11 is 0. The first kappa shape index (κ1) is 9.45. The van der Waals surface area contributed by atoms with E-state index in [9.17, 15) is 9.59 Å². The molecule has 2 rings (SSSR count). The van der Waals surface area contributed by atoms with Crippen LogP contribution in [0.3, 0.4) is 0 Å². The molecule has 0 spiro atoms. The molecule has 2 aromatic heterocycles. The summed E-state index contributed by atoms with van der Waals surface area (Å²) in [4.78, 5) is 23.0. The van der Waals surface area contributed by atoms with Crippen molar-refractivity contribution in [3.8, 4) is 11.5 Å². The van der Waals surface area contributed by atoms with Crippen LogP contribution in [0.15, 0.2) is 32.4 Å². The predicted octanol–water partition coefficient (Wildman–Crippen LogP) is -0.261. The van der Waals surface area contributed by atoms with Crippen LogP contribution in [0.25, 0.3) is 11.5 Å². The Morgan fingerprint density at radius 1 is 1.33 bits per heavy atom. The van der Waals surface area contributed by atoms with E-state index in [0.29, 0.717) is 5.76 Å². The molecule has 0 aliphatic carbocycles. The molecule has 0 aliphatic heterocycles. The third-order valence-electron chi connectivity index (χ3n) is 2.08. The van der Waals surface area contributed by atoms with Gasteiger partial charge in [0.15, 0.2) is 11.5 Å². The summed E-state index contributed by atoms with van der Waals surface area (Å²) in [5.74, 6) is 0.353. The van der Waals surface area contributed by atoms with E-state index in [1.807, 2.05) is 0 Å². The molecule has 0 atom stereocenters. The van der Waals surface area contributed by atoms with Gasteiger partial charge in [-0.15, -0.1) is 0 Å². The minimum absolute atomic E-state index is 0.129. The third kappa shape index (κ3) is 1.39. The second kappa shape index (κ2) is 3.23. The van der Waals surface area contributed by atoms with Gasteiger partial charge in [-0.05, 0) is 12.1 Å². The highest BCUT2D eigenvalue weighted by Gasteiger charge is 2.12. The molecule has 78 valence electrons. The summed E-state index contributed by atoms with van der Waals surface area (Å²) < 4.78 is 7.15. The fraction of sp³-hybridized carbons (Fsp3) is 0.222. The van der Waals surface area contributed by atoms with Gasteiger partial charge in [0.1, 0.15) is 0 Å². The first-order valence-electron chi connectivity index (χ1n) is 4.29. The molecule has 0 unspecified atom stereocenters. The van der Waals surface area contributed by atoms with Gasteiger partial charge in [0, 0.05) is 14.1 Å². The van der Waals surface area contributed by atoms with E-state index in [1.165, 1.54) is 20.4 Å². The molecule has 2 heterocycles. The topological polar surface area (TPSA) is 70.0 Å². The summed E-state index contributed by atoms with van der Waals surface area (Å²) in [6.45, 7) is 0. The van der Waals surface area contributed by atoms with Gasteiger partial charge >= 0.3 is 5.69 Å². The average Bonchev–Trinajstić information content (AvgIpc) is 2.73. The van der Waals surface area contributed by atoms with Crippen LogP contribution in [0.1, 0.15) is 0 Å². The number of aryl methyl sites for hydroxylation is 1. The fourth-order valence-corrected chi connectivity index (χ4v) is 1.27.